The highest BCUT2D eigenvalue weighted by atomic mass is 32.2. The number of para-hydroxylation sites is 1. The highest BCUT2D eigenvalue weighted by Gasteiger charge is 2.23. The number of sulfonamides is 1. The van der Waals surface area contributed by atoms with E-state index >= 15 is 0 Å². The van der Waals surface area contributed by atoms with Crippen LogP contribution in [0.3, 0.4) is 0 Å². The number of carbonyl (C=O) groups is 1. The molecule has 7 nitrogen and oxygen atoms in total. The number of aromatic carboxylic acids is 1. The first-order valence-electron chi connectivity index (χ1n) is 7.14. The molecule has 24 heavy (non-hydrogen) atoms. The Hall–Kier alpha value is -2.74. The number of benzene rings is 2. The molecule has 0 atom stereocenters. The molecule has 0 saturated carbocycles. The zero-order chi connectivity index (χ0) is 17.3. The minimum atomic E-state index is -3.98. The van der Waals surface area contributed by atoms with Gasteiger partial charge in [-0.05, 0) is 36.8 Å². The molecule has 0 spiro atoms. The number of rotatable bonds is 4. The molecule has 3 rings (SSSR count). The van der Waals surface area contributed by atoms with Gasteiger partial charge in [-0.2, -0.15) is 0 Å². The zero-order valence-corrected chi connectivity index (χ0v) is 13.6. The van der Waals surface area contributed by atoms with Gasteiger partial charge in [0.2, 0.25) is 0 Å². The summed E-state index contributed by atoms with van der Waals surface area (Å²) in [6.07, 6.45) is 0. The maximum absolute atomic E-state index is 12.7. The molecule has 0 fully saturated rings. The average molecular weight is 349 g/mol. The van der Waals surface area contributed by atoms with E-state index in [0.717, 1.165) is 6.07 Å². The van der Waals surface area contributed by atoms with Crippen molar-refractivity contribution in [2.45, 2.75) is 11.8 Å². The van der Waals surface area contributed by atoms with E-state index in [1.54, 1.807) is 25.1 Å². The maximum Gasteiger partial charge on any atom is 0.335 e. The molecule has 1 heterocycles. The fraction of sp³-hybridized carbons (Fsp3) is 0.188. The first-order valence-corrected chi connectivity index (χ1v) is 8.62. The van der Waals surface area contributed by atoms with E-state index in [-0.39, 0.29) is 16.1 Å². The van der Waals surface area contributed by atoms with Crippen molar-refractivity contribution in [2.75, 3.05) is 17.9 Å². The average Bonchev–Trinajstić information content (AvgIpc) is 2.55. The van der Waals surface area contributed by atoms with Gasteiger partial charge in [0, 0.05) is 0 Å². The molecule has 0 aliphatic carbocycles. The van der Waals surface area contributed by atoms with Gasteiger partial charge >= 0.3 is 5.97 Å². The number of carboxylic acid groups (broad SMARTS) is 1. The van der Waals surface area contributed by atoms with Gasteiger partial charge in [0.15, 0.2) is 11.5 Å². The van der Waals surface area contributed by atoms with Gasteiger partial charge in [-0.3, -0.25) is 4.72 Å². The van der Waals surface area contributed by atoms with Crippen molar-refractivity contribution in [3.63, 3.8) is 0 Å². The smallest absolute Gasteiger partial charge is 0.335 e. The minimum absolute atomic E-state index is 0.100. The van der Waals surface area contributed by atoms with E-state index < -0.39 is 16.0 Å². The van der Waals surface area contributed by atoms with Crippen LogP contribution < -0.4 is 14.2 Å². The van der Waals surface area contributed by atoms with Crippen LogP contribution in [-0.4, -0.2) is 32.7 Å². The van der Waals surface area contributed by atoms with Crippen molar-refractivity contribution in [3.8, 4) is 11.5 Å². The molecule has 126 valence electrons. The molecule has 2 N–H and O–H groups in total. The molecule has 2 aromatic carbocycles. The molecule has 1 aliphatic rings. The number of fused-ring (bicyclic) bond motifs is 1. The number of hydrogen-bond acceptors (Lipinski definition) is 5. The van der Waals surface area contributed by atoms with Gasteiger partial charge in [0.1, 0.15) is 13.2 Å². The summed E-state index contributed by atoms with van der Waals surface area (Å²) in [6, 6.07) is 8.83. The molecular formula is C16H15NO6S. The fourth-order valence-corrected chi connectivity index (χ4v) is 3.71. The third kappa shape index (κ3) is 3.00. The van der Waals surface area contributed by atoms with Crippen LogP contribution in [0.25, 0.3) is 0 Å². The monoisotopic (exact) mass is 349 g/mol. The van der Waals surface area contributed by atoms with Crippen molar-refractivity contribution in [3.05, 3.63) is 47.5 Å². The molecule has 0 unspecified atom stereocenters. The molecule has 0 amide bonds. The van der Waals surface area contributed by atoms with E-state index in [1.165, 1.54) is 12.1 Å². The van der Waals surface area contributed by atoms with Crippen molar-refractivity contribution < 1.29 is 27.8 Å². The normalized spacial score (nSPS) is 13.4. The Labute approximate surface area is 138 Å². The summed E-state index contributed by atoms with van der Waals surface area (Å²) in [5, 5.41) is 9.06. The van der Waals surface area contributed by atoms with Gasteiger partial charge in [0.25, 0.3) is 10.0 Å². The van der Waals surface area contributed by atoms with E-state index in [4.69, 9.17) is 14.6 Å². The van der Waals surface area contributed by atoms with Crippen LogP contribution in [-0.2, 0) is 10.0 Å². The Kier molecular flexibility index (Phi) is 4.06. The van der Waals surface area contributed by atoms with Crippen molar-refractivity contribution in [2.24, 2.45) is 0 Å². The lowest BCUT2D eigenvalue weighted by molar-refractivity contribution is 0.0696. The quantitative estimate of drug-likeness (QED) is 0.878. The number of nitrogens with one attached hydrogen (secondary N) is 1. The summed E-state index contributed by atoms with van der Waals surface area (Å²) in [4.78, 5) is 11.0. The lowest BCUT2D eigenvalue weighted by atomic mass is 10.1. The third-order valence-electron chi connectivity index (χ3n) is 3.54. The SMILES string of the molecule is Cc1ccc(C(=O)O)cc1S(=O)(=O)Nc1cccc2c1OCCO2. The summed E-state index contributed by atoms with van der Waals surface area (Å²) in [5.41, 5.74) is 0.581. The first kappa shape index (κ1) is 16.1. The Balaban J connectivity index is 2.01. The summed E-state index contributed by atoms with van der Waals surface area (Å²) >= 11 is 0. The number of carboxylic acids is 1. The van der Waals surface area contributed by atoms with Crippen LogP contribution in [0.2, 0.25) is 0 Å². The molecule has 0 radical (unpaired) electrons. The van der Waals surface area contributed by atoms with E-state index in [9.17, 15) is 13.2 Å². The summed E-state index contributed by atoms with van der Waals surface area (Å²) in [5.74, 6) is -0.419. The van der Waals surface area contributed by atoms with Gasteiger partial charge in [-0.25, -0.2) is 13.2 Å². The molecule has 0 saturated heterocycles. The van der Waals surface area contributed by atoms with Crippen LogP contribution in [0.5, 0.6) is 11.5 Å². The molecule has 1 aliphatic heterocycles. The second-order valence-electron chi connectivity index (χ2n) is 5.22. The number of anilines is 1. The first-order chi connectivity index (χ1) is 11.4. The fourth-order valence-electron chi connectivity index (χ4n) is 2.38. The van der Waals surface area contributed by atoms with Gasteiger partial charge < -0.3 is 14.6 Å². The third-order valence-corrected chi connectivity index (χ3v) is 5.04. The van der Waals surface area contributed by atoms with Crippen LogP contribution in [0, 0.1) is 6.92 Å². The maximum atomic E-state index is 12.7. The van der Waals surface area contributed by atoms with Crippen LogP contribution >= 0.6 is 0 Å². The Morgan fingerprint density at radius 3 is 2.67 bits per heavy atom. The van der Waals surface area contributed by atoms with Crippen molar-refractivity contribution >= 4 is 21.7 Å². The highest BCUT2D eigenvalue weighted by molar-refractivity contribution is 7.92. The van der Waals surface area contributed by atoms with Crippen LogP contribution in [0.1, 0.15) is 15.9 Å². The van der Waals surface area contributed by atoms with Gasteiger partial charge in [0.05, 0.1) is 16.1 Å². The standard InChI is InChI=1S/C16H15NO6S/c1-10-5-6-11(16(18)19)9-14(10)24(20,21)17-12-3-2-4-13-15(12)23-8-7-22-13/h2-6,9,17H,7-8H2,1H3,(H,18,19). The van der Waals surface area contributed by atoms with Crippen molar-refractivity contribution in [1.29, 1.82) is 0 Å². The van der Waals surface area contributed by atoms with E-state index in [2.05, 4.69) is 4.72 Å². The molecule has 0 aromatic heterocycles. The van der Waals surface area contributed by atoms with Gasteiger partial charge in [-0.1, -0.05) is 12.1 Å². The topological polar surface area (TPSA) is 102 Å². The molecular weight excluding hydrogens is 334 g/mol. The second kappa shape index (κ2) is 6.04. The second-order valence-corrected chi connectivity index (χ2v) is 6.87. The largest absolute Gasteiger partial charge is 0.486 e. The number of aryl methyl sites for hydroxylation is 1. The summed E-state index contributed by atoms with van der Waals surface area (Å²) < 4.78 is 38.7. The van der Waals surface area contributed by atoms with Crippen LogP contribution in [0.4, 0.5) is 5.69 Å². The Bertz CT molecular complexity index is 907. The summed E-state index contributed by atoms with van der Waals surface area (Å²) in [7, 11) is -3.98. The zero-order valence-electron chi connectivity index (χ0n) is 12.8. The summed E-state index contributed by atoms with van der Waals surface area (Å²) in [6.45, 7) is 2.31. The molecule has 0 bridgehead atoms. The lowest BCUT2D eigenvalue weighted by Gasteiger charge is -2.21. The molecule has 2 aromatic rings. The van der Waals surface area contributed by atoms with E-state index in [0.29, 0.717) is 30.3 Å². The number of ether oxygens (including phenoxy) is 2. The Morgan fingerprint density at radius 2 is 1.92 bits per heavy atom. The minimum Gasteiger partial charge on any atom is -0.486 e. The van der Waals surface area contributed by atoms with Gasteiger partial charge in [-0.15, -0.1) is 0 Å². The Morgan fingerprint density at radius 1 is 1.17 bits per heavy atom. The highest BCUT2D eigenvalue weighted by Crippen LogP contribution is 2.38. The predicted octanol–water partition coefficient (Wildman–Crippen LogP) is 2.27. The van der Waals surface area contributed by atoms with E-state index in [1.807, 2.05) is 0 Å². The predicted molar refractivity (Wildman–Crippen MR) is 86.4 cm³/mol. The van der Waals surface area contributed by atoms with Crippen LogP contribution in [0.15, 0.2) is 41.3 Å². The molecule has 8 heteroatoms. The lowest BCUT2D eigenvalue weighted by Crippen LogP contribution is -2.19. The van der Waals surface area contributed by atoms with Crippen molar-refractivity contribution in [1.82, 2.24) is 0 Å². The number of hydrogen-bond donors (Lipinski definition) is 2.